The molecule has 0 amide bonds. The van der Waals surface area contributed by atoms with Gasteiger partial charge >= 0.3 is 5.97 Å². The minimum Gasteiger partial charge on any atom is -0.469 e. The van der Waals surface area contributed by atoms with Crippen LogP contribution in [-0.4, -0.2) is 30.4 Å². The standard InChI is InChI=1S/C21H28N2O3/c1-26-19(25)20-9-14-7-15(10-20)12-21(23,11-14)18(20)17(24)16(22)8-13-5-3-2-4-6-13/h2-6,14-16,18H,7-12,22-23H2,1H3/t14?,15?,16-,18?,20?,21?/m0/s1. The van der Waals surface area contributed by atoms with Gasteiger partial charge in [0.1, 0.15) is 0 Å². The average Bonchev–Trinajstić information content (AvgIpc) is 2.59. The van der Waals surface area contributed by atoms with Gasteiger partial charge in [0.25, 0.3) is 0 Å². The fourth-order valence-corrected chi connectivity index (χ4v) is 6.47. The molecule has 0 saturated heterocycles. The Bertz CT molecular complexity index is 703. The molecule has 4 N–H and O–H groups in total. The molecule has 5 nitrogen and oxygen atoms in total. The van der Waals surface area contributed by atoms with E-state index in [9.17, 15) is 9.59 Å². The average molecular weight is 356 g/mol. The molecule has 5 rings (SSSR count). The largest absolute Gasteiger partial charge is 0.469 e. The van der Waals surface area contributed by atoms with Crippen LogP contribution >= 0.6 is 0 Å². The van der Waals surface area contributed by atoms with Crippen LogP contribution in [0.3, 0.4) is 0 Å². The molecule has 0 aliphatic heterocycles. The van der Waals surface area contributed by atoms with Gasteiger partial charge in [-0.15, -0.1) is 0 Å². The van der Waals surface area contributed by atoms with Crippen LogP contribution in [0.5, 0.6) is 0 Å². The number of carbonyl (C=O) groups is 2. The number of hydrogen-bond acceptors (Lipinski definition) is 5. The molecular weight excluding hydrogens is 328 g/mol. The van der Waals surface area contributed by atoms with Crippen LogP contribution in [-0.2, 0) is 20.7 Å². The molecule has 1 aromatic rings. The Labute approximate surface area is 154 Å². The summed E-state index contributed by atoms with van der Waals surface area (Å²) in [7, 11) is 1.41. The number of hydrogen-bond donors (Lipinski definition) is 2. The Morgan fingerprint density at radius 1 is 1.15 bits per heavy atom. The number of ketones is 1. The fourth-order valence-electron chi connectivity index (χ4n) is 6.47. The number of Topliss-reactive ketones (excluding diaryl/α,β-unsaturated/α-hetero) is 1. The predicted octanol–water partition coefficient (Wildman–Crippen LogP) is 1.82. The molecule has 26 heavy (non-hydrogen) atoms. The third-order valence-corrected chi connectivity index (χ3v) is 6.98. The third-order valence-electron chi connectivity index (χ3n) is 6.98. The van der Waals surface area contributed by atoms with Crippen LogP contribution in [0.15, 0.2) is 30.3 Å². The molecule has 4 fully saturated rings. The van der Waals surface area contributed by atoms with Crippen LogP contribution in [0.4, 0.5) is 0 Å². The fraction of sp³-hybridized carbons (Fsp3) is 0.619. The first kappa shape index (κ1) is 17.7. The van der Waals surface area contributed by atoms with Gasteiger partial charge in [-0.25, -0.2) is 0 Å². The van der Waals surface area contributed by atoms with E-state index in [0.29, 0.717) is 31.1 Å². The van der Waals surface area contributed by atoms with Crippen molar-refractivity contribution in [1.29, 1.82) is 0 Å². The summed E-state index contributed by atoms with van der Waals surface area (Å²) in [5.41, 5.74) is 12.7. The molecule has 0 heterocycles. The highest BCUT2D eigenvalue weighted by Crippen LogP contribution is 2.64. The summed E-state index contributed by atoms with van der Waals surface area (Å²) in [6.45, 7) is 0. The number of ether oxygens (including phenoxy) is 1. The summed E-state index contributed by atoms with van der Waals surface area (Å²) in [5.74, 6) is -0.0387. The summed E-state index contributed by atoms with van der Waals surface area (Å²) < 4.78 is 5.17. The summed E-state index contributed by atoms with van der Waals surface area (Å²) in [6.07, 6.45) is 4.64. The van der Waals surface area contributed by atoms with Gasteiger partial charge in [-0.3, -0.25) is 9.59 Å². The van der Waals surface area contributed by atoms with Crippen molar-refractivity contribution in [3.8, 4) is 0 Å². The van der Waals surface area contributed by atoms with Crippen molar-refractivity contribution in [2.24, 2.45) is 34.6 Å². The van der Waals surface area contributed by atoms with E-state index in [2.05, 4.69) is 0 Å². The molecule has 3 unspecified atom stereocenters. The van der Waals surface area contributed by atoms with Crippen molar-refractivity contribution < 1.29 is 14.3 Å². The van der Waals surface area contributed by atoms with Gasteiger partial charge in [0.2, 0.25) is 0 Å². The zero-order valence-electron chi connectivity index (χ0n) is 15.3. The molecule has 4 aliphatic rings. The normalized spacial score (nSPS) is 38.8. The van der Waals surface area contributed by atoms with Crippen LogP contribution in [0.25, 0.3) is 0 Å². The maximum atomic E-state index is 13.5. The third kappa shape index (κ3) is 2.60. The minimum atomic E-state index is -0.779. The van der Waals surface area contributed by atoms with Crippen molar-refractivity contribution in [2.45, 2.75) is 50.1 Å². The lowest BCUT2D eigenvalue weighted by Gasteiger charge is -2.63. The summed E-state index contributed by atoms with van der Waals surface area (Å²) >= 11 is 0. The van der Waals surface area contributed by atoms with E-state index >= 15 is 0 Å². The molecule has 5 heteroatoms. The van der Waals surface area contributed by atoms with Gasteiger partial charge in [-0.2, -0.15) is 0 Å². The number of nitrogens with two attached hydrogens (primary N) is 2. The molecule has 0 aromatic heterocycles. The Hall–Kier alpha value is -1.72. The van der Waals surface area contributed by atoms with Crippen LogP contribution in [0.1, 0.15) is 37.7 Å². The number of methoxy groups -OCH3 is 1. The second-order valence-electron chi connectivity index (χ2n) is 8.80. The van der Waals surface area contributed by atoms with E-state index in [1.54, 1.807) is 0 Å². The van der Waals surface area contributed by atoms with Crippen molar-refractivity contribution in [1.82, 2.24) is 0 Å². The summed E-state index contributed by atoms with van der Waals surface area (Å²) in [4.78, 5) is 26.3. The summed E-state index contributed by atoms with van der Waals surface area (Å²) in [5, 5.41) is 0. The maximum absolute atomic E-state index is 13.5. The minimum absolute atomic E-state index is 0.0689. The van der Waals surface area contributed by atoms with Crippen LogP contribution < -0.4 is 11.5 Å². The topological polar surface area (TPSA) is 95.4 Å². The zero-order valence-corrected chi connectivity index (χ0v) is 15.3. The van der Waals surface area contributed by atoms with Gasteiger partial charge in [0.05, 0.1) is 24.5 Å². The number of esters is 1. The zero-order chi connectivity index (χ0) is 18.5. The summed E-state index contributed by atoms with van der Waals surface area (Å²) in [6, 6.07) is 9.11. The van der Waals surface area contributed by atoms with Gasteiger partial charge in [-0.05, 0) is 55.9 Å². The van der Waals surface area contributed by atoms with E-state index in [1.807, 2.05) is 30.3 Å². The van der Waals surface area contributed by atoms with E-state index in [0.717, 1.165) is 24.8 Å². The van der Waals surface area contributed by atoms with Gasteiger partial charge in [0.15, 0.2) is 5.78 Å². The quantitative estimate of drug-likeness (QED) is 0.785. The first-order valence-electron chi connectivity index (χ1n) is 9.58. The molecule has 0 spiro atoms. The predicted molar refractivity (Wildman–Crippen MR) is 98.1 cm³/mol. The van der Waals surface area contributed by atoms with Crippen molar-refractivity contribution >= 4 is 11.8 Å². The second kappa shape index (κ2) is 6.17. The molecule has 4 bridgehead atoms. The molecule has 1 aromatic carbocycles. The van der Waals surface area contributed by atoms with E-state index < -0.39 is 22.9 Å². The molecule has 4 saturated carbocycles. The molecule has 0 radical (unpaired) electrons. The Kier molecular flexibility index (Phi) is 4.20. The Balaban J connectivity index is 1.66. The first-order chi connectivity index (χ1) is 12.4. The number of benzene rings is 1. The SMILES string of the molecule is COC(=O)C12CC3CC(CC(N)(C3)C1C(=O)[C@@H](N)Cc1ccccc1)C2. The second-order valence-corrected chi connectivity index (χ2v) is 8.80. The monoisotopic (exact) mass is 356 g/mol. The van der Waals surface area contributed by atoms with E-state index in [4.69, 9.17) is 16.2 Å². The number of carbonyl (C=O) groups excluding carboxylic acids is 2. The van der Waals surface area contributed by atoms with Gasteiger partial charge in [-0.1, -0.05) is 30.3 Å². The smallest absolute Gasteiger partial charge is 0.312 e. The van der Waals surface area contributed by atoms with Crippen molar-refractivity contribution in [3.05, 3.63) is 35.9 Å². The highest BCUT2D eigenvalue weighted by Gasteiger charge is 2.68. The first-order valence-corrected chi connectivity index (χ1v) is 9.58. The molecular formula is C21H28N2O3. The van der Waals surface area contributed by atoms with Crippen molar-refractivity contribution in [2.75, 3.05) is 7.11 Å². The van der Waals surface area contributed by atoms with E-state index in [-0.39, 0.29) is 11.8 Å². The van der Waals surface area contributed by atoms with Crippen LogP contribution in [0.2, 0.25) is 0 Å². The highest BCUT2D eigenvalue weighted by atomic mass is 16.5. The molecule has 4 atom stereocenters. The lowest BCUT2D eigenvalue weighted by molar-refractivity contribution is -0.188. The lowest BCUT2D eigenvalue weighted by Crippen LogP contribution is -2.72. The Morgan fingerprint density at radius 3 is 2.35 bits per heavy atom. The molecule has 4 aliphatic carbocycles. The highest BCUT2D eigenvalue weighted by molar-refractivity contribution is 5.94. The van der Waals surface area contributed by atoms with E-state index in [1.165, 1.54) is 7.11 Å². The van der Waals surface area contributed by atoms with Crippen molar-refractivity contribution in [3.63, 3.8) is 0 Å². The lowest BCUT2D eigenvalue weighted by atomic mass is 9.41. The van der Waals surface area contributed by atoms with Crippen LogP contribution in [0, 0.1) is 23.2 Å². The molecule has 140 valence electrons. The Morgan fingerprint density at radius 2 is 1.77 bits per heavy atom. The van der Waals surface area contributed by atoms with Gasteiger partial charge < -0.3 is 16.2 Å². The maximum Gasteiger partial charge on any atom is 0.312 e. The van der Waals surface area contributed by atoms with Gasteiger partial charge in [0, 0.05) is 5.54 Å². The number of rotatable bonds is 5.